The van der Waals surface area contributed by atoms with Gasteiger partial charge in [0.15, 0.2) is 0 Å². The third-order valence-corrected chi connectivity index (χ3v) is 2.95. The van der Waals surface area contributed by atoms with E-state index in [-0.39, 0.29) is 0 Å². The average molecular weight is 245 g/mol. The molecule has 0 aliphatic carbocycles. The van der Waals surface area contributed by atoms with Gasteiger partial charge in [0.05, 0.1) is 19.0 Å². The number of nitrogens with one attached hydrogen (secondary N) is 1. The topological polar surface area (TPSA) is 63.9 Å². The predicted molar refractivity (Wildman–Crippen MR) is 72.7 cm³/mol. The van der Waals surface area contributed by atoms with Crippen molar-refractivity contribution in [2.45, 2.75) is 19.8 Å². The van der Waals surface area contributed by atoms with Gasteiger partial charge in [-0.3, -0.25) is 0 Å². The van der Waals surface area contributed by atoms with Crippen molar-refractivity contribution in [3.63, 3.8) is 0 Å². The monoisotopic (exact) mass is 245 g/mol. The lowest BCUT2D eigenvalue weighted by atomic mass is 10.1. The molecule has 2 aromatic rings. The Labute approximate surface area is 107 Å². The summed E-state index contributed by atoms with van der Waals surface area (Å²) in [5, 5.41) is 0. The molecule has 18 heavy (non-hydrogen) atoms. The number of nitrogens with zero attached hydrogens (tertiary/aromatic N) is 1. The molecule has 0 aliphatic heterocycles. The molecule has 0 atom stereocenters. The fraction of sp³-hybridized carbons (Fsp3) is 0.357. The molecule has 4 heteroatoms. The first kappa shape index (κ1) is 12.6. The standard InChI is InChI=1S/C14H19N3O/c1-10-8-11(5-6-13(10)18-2)12-9-16-14(17-12)4-3-7-15/h5-6,8-9H,3-4,7,15H2,1-2H3,(H,16,17). The van der Waals surface area contributed by atoms with Crippen LogP contribution in [0.3, 0.4) is 0 Å². The molecular weight excluding hydrogens is 226 g/mol. The van der Waals surface area contributed by atoms with Gasteiger partial charge < -0.3 is 15.5 Å². The van der Waals surface area contributed by atoms with E-state index in [1.54, 1.807) is 7.11 Å². The van der Waals surface area contributed by atoms with Crippen LogP contribution in [-0.4, -0.2) is 23.6 Å². The quantitative estimate of drug-likeness (QED) is 0.849. The number of methoxy groups -OCH3 is 1. The van der Waals surface area contributed by atoms with E-state index in [1.165, 1.54) is 0 Å². The van der Waals surface area contributed by atoms with Gasteiger partial charge in [-0.1, -0.05) is 0 Å². The number of ether oxygens (including phenoxy) is 1. The molecule has 2 rings (SSSR count). The molecule has 4 nitrogen and oxygen atoms in total. The van der Waals surface area contributed by atoms with Crippen LogP contribution in [0.5, 0.6) is 5.75 Å². The fourth-order valence-electron chi connectivity index (χ4n) is 1.95. The number of aromatic amines is 1. The molecule has 3 N–H and O–H groups in total. The van der Waals surface area contributed by atoms with Crippen molar-refractivity contribution in [3.8, 4) is 17.0 Å². The number of H-pyrrole nitrogens is 1. The van der Waals surface area contributed by atoms with Crippen molar-refractivity contribution in [2.75, 3.05) is 13.7 Å². The average Bonchev–Trinajstić information content (AvgIpc) is 2.85. The molecule has 0 radical (unpaired) electrons. The molecule has 0 aliphatic rings. The number of aryl methyl sites for hydroxylation is 2. The van der Waals surface area contributed by atoms with Gasteiger partial charge in [0, 0.05) is 12.0 Å². The van der Waals surface area contributed by atoms with Gasteiger partial charge >= 0.3 is 0 Å². The molecule has 96 valence electrons. The molecule has 0 unspecified atom stereocenters. The summed E-state index contributed by atoms with van der Waals surface area (Å²) in [6.45, 7) is 2.73. The van der Waals surface area contributed by atoms with Crippen molar-refractivity contribution >= 4 is 0 Å². The normalized spacial score (nSPS) is 10.6. The van der Waals surface area contributed by atoms with E-state index in [2.05, 4.69) is 16.0 Å². The maximum atomic E-state index is 5.49. The highest BCUT2D eigenvalue weighted by Crippen LogP contribution is 2.24. The zero-order valence-corrected chi connectivity index (χ0v) is 10.9. The Morgan fingerprint density at radius 1 is 1.39 bits per heavy atom. The van der Waals surface area contributed by atoms with Crippen molar-refractivity contribution in [3.05, 3.63) is 35.8 Å². The van der Waals surface area contributed by atoms with E-state index < -0.39 is 0 Å². The Kier molecular flexibility index (Phi) is 3.99. The highest BCUT2D eigenvalue weighted by molar-refractivity contribution is 5.61. The SMILES string of the molecule is COc1ccc(-c2cnc(CCCN)[nH]2)cc1C. The van der Waals surface area contributed by atoms with Crippen LogP contribution in [0.2, 0.25) is 0 Å². The van der Waals surface area contributed by atoms with E-state index >= 15 is 0 Å². The van der Waals surface area contributed by atoms with E-state index in [1.807, 2.05) is 25.3 Å². The summed E-state index contributed by atoms with van der Waals surface area (Å²) < 4.78 is 5.25. The minimum absolute atomic E-state index is 0.692. The van der Waals surface area contributed by atoms with Crippen molar-refractivity contribution < 1.29 is 4.74 Å². The minimum Gasteiger partial charge on any atom is -0.496 e. The Balaban J connectivity index is 2.20. The smallest absolute Gasteiger partial charge is 0.121 e. The molecule has 1 heterocycles. The number of imidazole rings is 1. The summed E-state index contributed by atoms with van der Waals surface area (Å²) in [7, 11) is 1.68. The summed E-state index contributed by atoms with van der Waals surface area (Å²) in [5.74, 6) is 1.89. The Morgan fingerprint density at radius 3 is 2.89 bits per heavy atom. The highest BCUT2D eigenvalue weighted by atomic mass is 16.5. The van der Waals surface area contributed by atoms with Crippen LogP contribution in [0, 0.1) is 6.92 Å². The summed E-state index contributed by atoms with van der Waals surface area (Å²) in [4.78, 5) is 7.68. The first-order valence-corrected chi connectivity index (χ1v) is 6.13. The van der Waals surface area contributed by atoms with Crippen LogP contribution in [0.4, 0.5) is 0 Å². The van der Waals surface area contributed by atoms with E-state index in [4.69, 9.17) is 10.5 Å². The molecule has 0 saturated carbocycles. The van der Waals surface area contributed by atoms with Gasteiger partial charge in [-0.2, -0.15) is 0 Å². The van der Waals surface area contributed by atoms with Gasteiger partial charge in [0.25, 0.3) is 0 Å². The third-order valence-electron chi connectivity index (χ3n) is 2.95. The van der Waals surface area contributed by atoms with Gasteiger partial charge in [0.2, 0.25) is 0 Å². The van der Waals surface area contributed by atoms with E-state index in [9.17, 15) is 0 Å². The Morgan fingerprint density at radius 2 is 2.22 bits per heavy atom. The molecular formula is C14H19N3O. The fourth-order valence-corrected chi connectivity index (χ4v) is 1.95. The summed E-state index contributed by atoms with van der Waals surface area (Å²) in [6, 6.07) is 6.11. The van der Waals surface area contributed by atoms with Gasteiger partial charge in [0.1, 0.15) is 11.6 Å². The number of nitrogens with two attached hydrogens (primary N) is 1. The molecule has 0 saturated heterocycles. The molecule has 1 aromatic heterocycles. The molecule has 0 bridgehead atoms. The van der Waals surface area contributed by atoms with Crippen LogP contribution in [0.1, 0.15) is 17.8 Å². The number of aromatic nitrogens is 2. The Hall–Kier alpha value is -1.81. The maximum Gasteiger partial charge on any atom is 0.121 e. The van der Waals surface area contributed by atoms with Crippen molar-refractivity contribution in [1.29, 1.82) is 0 Å². The Bertz CT molecular complexity index is 520. The first-order valence-electron chi connectivity index (χ1n) is 6.13. The highest BCUT2D eigenvalue weighted by Gasteiger charge is 2.05. The first-order chi connectivity index (χ1) is 8.74. The summed E-state index contributed by atoms with van der Waals surface area (Å²) in [6.07, 6.45) is 3.72. The van der Waals surface area contributed by atoms with Crippen LogP contribution in [-0.2, 0) is 6.42 Å². The largest absolute Gasteiger partial charge is 0.496 e. The number of rotatable bonds is 5. The van der Waals surface area contributed by atoms with E-state index in [0.717, 1.165) is 41.2 Å². The van der Waals surface area contributed by atoms with Gasteiger partial charge in [-0.15, -0.1) is 0 Å². The third kappa shape index (κ3) is 2.71. The van der Waals surface area contributed by atoms with Crippen molar-refractivity contribution in [1.82, 2.24) is 9.97 Å². The second-order valence-electron chi connectivity index (χ2n) is 4.32. The van der Waals surface area contributed by atoms with Gasteiger partial charge in [-0.25, -0.2) is 4.98 Å². The molecule has 1 aromatic carbocycles. The second kappa shape index (κ2) is 5.69. The maximum absolute atomic E-state index is 5.49. The van der Waals surface area contributed by atoms with Crippen LogP contribution < -0.4 is 10.5 Å². The molecule has 0 fully saturated rings. The lowest BCUT2D eigenvalue weighted by molar-refractivity contribution is 0.412. The summed E-state index contributed by atoms with van der Waals surface area (Å²) in [5.41, 5.74) is 8.77. The number of hydrogen-bond acceptors (Lipinski definition) is 3. The zero-order chi connectivity index (χ0) is 13.0. The minimum atomic E-state index is 0.692. The predicted octanol–water partition coefficient (Wildman–Crippen LogP) is 2.29. The molecule has 0 amide bonds. The van der Waals surface area contributed by atoms with Crippen LogP contribution >= 0.6 is 0 Å². The van der Waals surface area contributed by atoms with E-state index in [0.29, 0.717) is 6.54 Å². The lowest BCUT2D eigenvalue weighted by Gasteiger charge is -2.05. The molecule has 0 spiro atoms. The van der Waals surface area contributed by atoms with Crippen LogP contribution in [0.25, 0.3) is 11.3 Å². The summed E-state index contributed by atoms with van der Waals surface area (Å²) >= 11 is 0. The van der Waals surface area contributed by atoms with Crippen molar-refractivity contribution in [2.24, 2.45) is 5.73 Å². The van der Waals surface area contributed by atoms with Crippen LogP contribution in [0.15, 0.2) is 24.4 Å². The zero-order valence-electron chi connectivity index (χ0n) is 10.9. The van der Waals surface area contributed by atoms with Gasteiger partial charge in [-0.05, 0) is 43.7 Å². The second-order valence-corrected chi connectivity index (χ2v) is 4.32. The number of benzene rings is 1. The lowest BCUT2D eigenvalue weighted by Crippen LogP contribution is -2.01. The number of hydrogen-bond donors (Lipinski definition) is 2.